The molecule has 2 heterocycles. The van der Waals surface area contributed by atoms with Crippen LogP contribution in [-0.4, -0.2) is 51.0 Å². The van der Waals surface area contributed by atoms with Gasteiger partial charge >= 0.3 is 11.9 Å². The number of carbonyl (C=O) groups excluding carboxylic acids is 2. The number of allylic oxidation sites excluding steroid dienone is 3. The van der Waals surface area contributed by atoms with E-state index in [-0.39, 0.29) is 31.1 Å². The minimum Gasteiger partial charge on any atom is -0.457 e. The maximum absolute atomic E-state index is 12.6. The van der Waals surface area contributed by atoms with E-state index in [1.165, 1.54) is 6.92 Å². The van der Waals surface area contributed by atoms with Crippen LogP contribution in [-0.2, 0) is 19.1 Å². The molecule has 1 unspecified atom stereocenters. The number of nitrogens with zero attached hydrogens (tertiary/aromatic N) is 1. The Bertz CT molecular complexity index is 950. The molecule has 0 fully saturated rings. The van der Waals surface area contributed by atoms with Gasteiger partial charge in [0.2, 0.25) is 0 Å². The van der Waals surface area contributed by atoms with Crippen LogP contribution in [0.1, 0.15) is 72.4 Å². The summed E-state index contributed by atoms with van der Waals surface area (Å²) in [4.78, 5) is 28.7. The third-order valence-corrected chi connectivity index (χ3v) is 6.49. The molecule has 7 nitrogen and oxygen atoms in total. The van der Waals surface area contributed by atoms with E-state index < -0.39 is 35.9 Å². The van der Waals surface area contributed by atoms with E-state index in [0.29, 0.717) is 5.92 Å². The van der Waals surface area contributed by atoms with E-state index in [0.717, 1.165) is 11.3 Å². The first-order valence-corrected chi connectivity index (χ1v) is 12.6. The monoisotopic (exact) mass is 499 g/mol. The fourth-order valence-electron chi connectivity index (χ4n) is 4.29. The maximum Gasteiger partial charge on any atom is 0.309 e. The summed E-state index contributed by atoms with van der Waals surface area (Å²) >= 11 is 0. The molecule has 2 N–H and O–H groups in total. The molecule has 0 aliphatic carbocycles. The fourth-order valence-corrected chi connectivity index (χ4v) is 4.29. The molecule has 0 bridgehead atoms. The first-order chi connectivity index (χ1) is 16.9. The predicted molar refractivity (Wildman–Crippen MR) is 139 cm³/mol. The van der Waals surface area contributed by atoms with Gasteiger partial charge in [-0.05, 0) is 56.4 Å². The van der Waals surface area contributed by atoms with Gasteiger partial charge in [0.1, 0.15) is 17.8 Å². The first-order valence-electron chi connectivity index (χ1n) is 12.6. The lowest BCUT2D eigenvalue weighted by molar-refractivity contribution is -0.157. The zero-order valence-electron chi connectivity index (χ0n) is 22.3. The second kappa shape index (κ2) is 13.5. The largest absolute Gasteiger partial charge is 0.457 e. The molecule has 6 atom stereocenters. The zero-order valence-corrected chi connectivity index (χ0v) is 22.3. The Morgan fingerprint density at radius 1 is 1.28 bits per heavy atom. The smallest absolute Gasteiger partial charge is 0.309 e. The van der Waals surface area contributed by atoms with Gasteiger partial charge in [-0.15, -0.1) is 0 Å². The summed E-state index contributed by atoms with van der Waals surface area (Å²) in [7, 11) is 0. The molecule has 198 valence electrons. The minimum atomic E-state index is -1.40. The summed E-state index contributed by atoms with van der Waals surface area (Å²) in [5.41, 5.74) is 0.413. The Morgan fingerprint density at radius 3 is 2.61 bits per heavy atom. The minimum absolute atomic E-state index is 0.133. The van der Waals surface area contributed by atoms with Crippen LogP contribution >= 0.6 is 0 Å². The third-order valence-electron chi connectivity index (χ3n) is 6.49. The molecular weight excluding hydrogens is 458 g/mol. The average molecular weight is 500 g/mol. The number of ether oxygens (including phenoxy) is 2. The van der Waals surface area contributed by atoms with Crippen LogP contribution in [0.3, 0.4) is 0 Å². The molecule has 0 saturated heterocycles. The van der Waals surface area contributed by atoms with Crippen molar-refractivity contribution in [2.24, 2.45) is 11.8 Å². The Kier molecular flexibility index (Phi) is 11.1. The maximum atomic E-state index is 12.6. The van der Waals surface area contributed by atoms with Crippen molar-refractivity contribution in [3.63, 3.8) is 0 Å². The van der Waals surface area contributed by atoms with Crippen molar-refractivity contribution in [1.29, 1.82) is 0 Å². The highest BCUT2D eigenvalue weighted by molar-refractivity contribution is 5.70. The normalized spacial score (nSPS) is 30.2. The van der Waals surface area contributed by atoms with Crippen LogP contribution in [0.15, 0.2) is 60.3 Å². The van der Waals surface area contributed by atoms with Gasteiger partial charge in [-0.2, -0.15) is 0 Å². The highest BCUT2D eigenvalue weighted by atomic mass is 16.6. The molecule has 0 aromatic carbocycles. The average Bonchev–Trinajstić information content (AvgIpc) is 2.80. The molecule has 36 heavy (non-hydrogen) atoms. The van der Waals surface area contributed by atoms with Gasteiger partial charge in [0, 0.05) is 30.7 Å². The lowest BCUT2D eigenvalue weighted by Gasteiger charge is -2.32. The van der Waals surface area contributed by atoms with Crippen LogP contribution in [0.5, 0.6) is 0 Å². The highest BCUT2D eigenvalue weighted by Gasteiger charge is 2.35. The third kappa shape index (κ3) is 9.03. The van der Waals surface area contributed by atoms with Crippen LogP contribution in [0.4, 0.5) is 0 Å². The summed E-state index contributed by atoms with van der Waals surface area (Å²) in [5.74, 6) is -0.816. The van der Waals surface area contributed by atoms with E-state index in [2.05, 4.69) is 24.9 Å². The summed E-state index contributed by atoms with van der Waals surface area (Å²) in [6.07, 6.45) is 8.85. The SMILES string of the molecule is CC(=O)O[C@H]1/C=C/[C@H](C)[C@@H](/C(C)=C/C=C/C(c2ccccn2)C(C)C)OC(=O)C[C@H](O)CC[C@@]1(C)O. The number of cyclic esters (lactones) is 1. The molecule has 0 radical (unpaired) electrons. The Balaban J connectivity index is 2.34. The van der Waals surface area contributed by atoms with E-state index in [1.54, 1.807) is 25.3 Å². The van der Waals surface area contributed by atoms with Crippen molar-refractivity contribution in [3.05, 3.63) is 66.0 Å². The van der Waals surface area contributed by atoms with E-state index >= 15 is 0 Å². The number of hydrogen-bond acceptors (Lipinski definition) is 7. The Morgan fingerprint density at radius 2 is 2.00 bits per heavy atom. The highest BCUT2D eigenvalue weighted by Crippen LogP contribution is 2.28. The van der Waals surface area contributed by atoms with Crippen molar-refractivity contribution in [1.82, 2.24) is 4.98 Å². The Hall–Kier alpha value is -2.77. The van der Waals surface area contributed by atoms with Gasteiger partial charge in [-0.1, -0.05) is 51.1 Å². The molecule has 1 aromatic rings. The lowest BCUT2D eigenvalue weighted by atomic mass is 9.88. The van der Waals surface area contributed by atoms with Crippen LogP contribution < -0.4 is 0 Å². The summed E-state index contributed by atoms with van der Waals surface area (Å²) in [6.45, 7) is 10.9. The number of aromatic nitrogens is 1. The quantitative estimate of drug-likeness (QED) is 0.333. The number of esters is 2. The van der Waals surface area contributed by atoms with Crippen LogP contribution in [0.25, 0.3) is 0 Å². The van der Waals surface area contributed by atoms with Crippen LogP contribution in [0.2, 0.25) is 0 Å². The van der Waals surface area contributed by atoms with Crippen molar-refractivity contribution >= 4 is 11.9 Å². The summed E-state index contributed by atoms with van der Waals surface area (Å²) in [5, 5.41) is 21.3. The molecule has 7 heteroatoms. The van der Waals surface area contributed by atoms with E-state index in [4.69, 9.17) is 9.47 Å². The van der Waals surface area contributed by atoms with Gasteiger partial charge in [-0.25, -0.2) is 0 Å². The molecule has 1 aliphatic rings. The molecule has 0 spiro atoms. The topological polar surface area (TPSA) is 106 Å². The number of rotatable bonds is 6. The van der Waals surface area contributed by atoms with Gasteiger partial charge in [0.05, 0.1) is 12.5 Å². The van der Waals surface area contributed by atoms with Gasteiger partial charge < -0.3 is 19.7 Å². The number of carbonyl (C=O) groups is 2. The zero-order chi connectivity index (χ0) is 26.9. The molecule has 0 amide bonds. The van der Waals surface area contributed by atoms with Gasteiger partial charge in [-0.3, -0.25) is 14.6 Å². The van der Waals surface area contributed by atoms with Crippen LogP contribution in [0, 0.1) is 11.8 Å². The van der Waals surface area contributed by atoms with Gasteiger partial charge in [0.25, 0.3) is 0 Å². The van der Waals surface area contributed by atoms with Crippen molar-refractivity contribution in [2.75, 3.05) is 0 Å². The van der Waals surface area contributed by atoms with Crippen molar-refractivity contribution in [3.8, 4) is 0 Å². The molecule has 1 aliphatic heterocycles. The molecular formula is C29H41NO6. The van der Waals surface area contributed by atoms with Crippen molar-refractivity contribution < 1.29 is 29.3 Å². The number of pyridine rings is 1. The molecule has 0 saturated carbocycles. The number of hydrogen-bond donors (Lipinski definition) is 2. The summed E-state index contributed by atoms with van der Waals surface area (Å²) < 4.78 is 11.2. The van der Waals surface area contributed by atoms with E-state index in [1.807, 2.05) is 44.2 Å². The molecule has 1 aromatic heterocycles. The number of aliphatic hydroxyl groups excluding tert-OH is 1. The lowest BCUT2D eigenvalue weighted by Crippen LogP contribution is -2.42. The molecule has 2 rings (SSSR count). The predicted octanol–water partition coefficient (Wildman–Crippen LogP) is 4.66. The van der Waals surface area contributed by atoms with Gasteiger partial charge in [0.15, 0.2) is 0 Å². The van der Waals surface area contributed by atoms with E-state index in [9.17, 15) is 19.8 Å². The second-order valence-corrected chi connectivity index (χ2v) is 10.3. The first kappa shape index (κ1) is 29.5. The number of aliphatic hydroxyl groups is 2. The second-order valence-electron chi connectivity index (χ2n) is 10.3. The Labute approximate surface area is 214 Å². The fraction of sp³-hybridized carbons (Fsp3) is 0.552. The van der Waals surface area contributed by atoms with Crippen molar-refractivity contribution in [2.45, 2.75) is 90.6 Å². The standard InChI is InChI=1S/C29H41NO6/c1-19(2)24(25-12-7-8-17-30-25)11-9-10-20(3)28-21(4)13-14-26(35-22(5)31)29(6,34)16-15-23(32)18-27(33)36-28/h7-14,17,19,21,23-24,26,28,32,34H,15-16,18H2,1-6H3/b11-9+,14-13+,20-10+/t21-,23+,24?,26-,28+,29+/m0/s1. The summed E-state index contributed by atoms with van der Waals surface area (Å²) in [6, 6.07) is 5.87.